The number of hydrogen-bond donors (Lipinski definition) is 0. The molecule has 0 unspecified atom stereocenters. The summed E-state index contributed by atoms with van der Waals surface area (Å²) in [6, 6.07) is 0. The van der Waals surface area contributed by atoms with Crippen LogP contribution < -0.4 is 0 Å². The Morgan fingerprint density at radius 1 is 0.455 bits per heavy atom. The van der Waals surface area contributed by atoms with Gasteiger partial charge in [0, 0.05) is 0 Å². The van der Waals surface area contributed by atoms with Crippen molar-refractivity contribution in [2.75, 3.05) is 0 Å². The molecule has 136 valence electrons. The van der Waals surface area contributed by atoms with Gasteiger partial charge in [0.1, 0.15) is 0 Å². The van der Waals surface area contributed by atoms with Gasteiger partial charge in [-0.05, 0) is 48.3 Å². The van der Waals surface area contributed by atoms with Crippen LogP contribution in [0.4, 0.5) is 0 Å². The molecule has 0 radical (unpaired) electrons. The summed E-state index contributed by atoms with van der Waals surface area (Å²) in [6.07, 6.45) is 11.8. The van der Waals surface area contributed by atoms with Crippen LogP contribution in [0, 0.1) is 22.7 Å². The van der Waals surface area contributed by atoms with Crippen LogP contribution in [-0.4, -0.2) is 0 Å². The number of rotatable bonds is 0. The van der Waals surface area contributed by atoms with E-state index in [1.54, 1.807) is 0 Å². The lowest BCUT2D eigenvalue weighted by Gasteiger charge is -2.26. The lowest BCUT2D eigenvalue weighted by Crippen LogP contribution is -2.16. The van der Waals surface area contributed by atoms with E-state index in [-0.39, 0.29) is 0 Å². The van der Waals surface area contributed by atoms with Crippen molar-refractivity contribution in [2.24, 2.45) is 22.7 Å². The highest BCUT2D eigenvalue weighted by Crippen LogP contribution is 2.39. The Balaban J connectivity index is 0. The molecule has 2 saturated carbocycles. The Labute approximate surface area is 143 Å². The van der Waals surface area contributed by atoms with Crippen LogP contribution in [0.3, 0.4) is 0 Å². The van der Waals surface area contributed by atoms with Crippen molar-refractivity contribution in [1.82, 2.24) is 0 Å². The first-order chi connectivity index (χ1) is 10.2. The topological polar surface area (TPSA) is 0 Å². The second-order valence-electron chi connectivity index (χ2n) is 8.69. The minimum atomic E-state index is 0.580. The summed E-state index contributed by atoms with van der Waals surface area (Å²) in [6.45, 7) is 22.2. The standard InChI is InChI=1S/2C9H18.2C2H6/c2*1-9(2,3)8-6-4-5-7-8;2*1-2/h2*8H,4-7H2,1-3H3;2*1-2H3. The second kappa shape index (κ2) is 12.4. The third kappa shape index (κ3) is 10.7. The monoisotopic (exact) mass is 312 g/mol. The Morgan fingerprint density at radius 3 is 0.727 bits per heavy atom. The molecule has 0 heteroatoms. The van der Waals surface area contributed by atoms with Crippen LogP contribution in [0.1, 0.15) is 121 Å². The van der Waals surface area contributed by atoms with Gasteiger partial charge >= 0.3 is 0 Å². The van der Waals surface area contributed by atoms with Crippen molar-refractivity contribution in [1.29, 1.82) is 0 Å². The van der Waals surface area contributed by atoms with Gasteiger partial charge in [0.05, 0.1) is 0 Å². The molecule has 0 N–H and O–H groups in total. The molecular formula is C22H48. The maximum atomic E-state index is 2.36. The molecule has 22 heavy (non-hydrogen) atoms. The molecule has 0 saturated heterocycles. The van der Waals surface area contributed by atoms with Crippen molar-refractivity contribution < 1.29 is 0 Å². The molecule has 0 aliphatic heterocycles. The van der Waals surface area contributed by atoms with E-state index in [2.05, 4.69) is 41.5 Å². The van der Waals surface area contributed by atoms with Crippen molar-refractivity contribution in [3.8, 4) is 0 Å². The van der Waals surface area contributed by atoms with E-state index in [0.717, 1.165) is 11.8 Å². The highest BCUT2D eigenvalue weighted by Gasteiger charge is 2.27. The molecular weight excluding hydrogens is 264 g/mol. The van der Waals surface area contributed by atoms with Crippen LogP contribution >= 0.6 is 0 Å². The molecule has 0 aromatic rings. The van der Waals surface area contributed by atoms with Gasteiger partial charge in [-0.3, -0.25) is 0 Å². The van der Waals surface area contributed by atoms with Gasteiger partial charge < -0.3 is 0 Å². The molecule has 0 spiro atoms. The fraction of sp³-hybridized carbons (Fsp3) is 1.00. The molecule has 0 bridgehead atoms. The van der Waals surface area contributed by atoms with Gasteiger partial charge in [-0.25, -0.2) is 0 Å². The van der Waals surface area contributed by atoms with Gasteiger partial charge in [0.25, 0.3) is 0 Å². The molecule has 0 amide bonds. The van der Waals surface area contributed by atoms with Crippen molar-refractivity contribution in [3.63, 3.8) is 0 Å². The molecule has 0 aromatic heterocycles. The summed E-state index contributed by atoms with van der Waals surface area (Å²) in [5, 5.41) is 0. The van der Waals surface area contributed by atoms with Gasteiger partial charge in [-0.2, -0.15) is 0 Å². The first-order valence-corrected chi connectivity index (χ1v) is 10.2. The van der Waals surface area contributed by atoms with E-state index in [1.165, 1.54) is 51.4 Å². The quantitative estimate of drug-likeness (QED) is 0.420. The first-order valence-electron chi connectivity index (χ1n) is 10.2. The van der Waals surface area contributed by atoms with Gasteiger partial charge in [0.2, 0.25) is 0 Å². The van der Waals surface area contributed by atoms with E-state index in [9.17, 15) is 0 Å². The third-order valence-electron chi connectivity index (χ3n) is 5.16. The first kappa shape index (κ1) is 24.3. The van der Waals surface area contributed by atoms with Crippen molar-refractivity contribution in [3.05, 3.63) is 0 Å². The second-order valence-corrected chi connectivity index (χ2v) is 8.69. The van der Waals surface area contributed by atoms with Crippen molar-refractivity contribution >= 4 is 0 Å². The lowest BCUT2D eigenvalue weighted by molar-refractivity contribution is 0.246. The Hall–Kier alpha value is 0. The fourth-order valence-electron chi connectivity index (χ4n) is 3.58. The van der Waals surface area contributed by atoms with Gasteiger partial charge in [-0.1, -0.05) is 94.9 Å². The predicted octanol–water partition coefficient (Wildman–Crippen LogP) is 8.50. The Kier molecular flexibility index (Phi) is 13.7. The highest BCUT2D eigenvalue weighted by atomic mass is 14.3. The van der Waals surface area contributed by atoms with E-state index in [4.69, 9.17) is 0 Å². The SMILES string of the molecule is CC.CC.CC(C)(C)C1CCCC1.CC(C)(C)C1CCCC1. The summed E-state index contributed by atoms with van der Waals surface area (Å²) in [5.74, 6) is 2.02. The summed E-state index contributed by atoms with van der Waals surface area (Å²) < 4.78 is 0. The summed E-state index contributed by atoms with van der Waals surface area (Å²) in [7, 11) is 0. The largest absolute Gasteiger partial charge is 0.0683 e. The normalized spacial score (nSPS) is 19.4. The molecule has 0 nitrogen and oxygen atoms in total. The van der Waals surface area contributed by atoms with E-state index < -0.39 is 0 Å². The Bertz CT molecular complexity index is 187. The molecule has 2 fully saturated rings. The molecule has 2 rings (SSSR count). The summed E-state index contributed by atoms with van der Waals surface area (Å²) in [4.78, 5) is 0. The summed E-state index contributed by atoms with van der Waals surface area (Å²) >= 11 is 0. The van der Waals surface area contributed by atoms with Crippen molar-refractivity contribution in [2.45, 2.75) is 121 Å². The lowest BCUT2D eigenvalue weighted by atomic mass is 9.80. The molecule has 2 aliphatic rings. The minimum Gasteiger partial charge on any atom is -0.0683 e. The van der Waals surface area contributed by atoms with Crippen LogP contribution in [0.2, 0.25) is 0 Å². The van der Waals surface area contributed by atoms with Crippen LogP contribution in [0.25, 0.3) is 0 Å². The zero-order valence-corrected chi connectivity index (χ0v) is 17.8. The maximum Gasteiger partial charge on any atom is -0.0354 e. The van der Waals surface area contributed by atoms with Crippen LogP contribution in [0.15, 0.2) is 0 Å². The predicted molar refractivity (Wildman–Crippen MR) is 106 cm³/mol. The molecule has 2 aliphatic carbocycles. The van der Waals surface area contributed by atoms with Crippen LogP contribution in [0.5, 0.6) is 0 Å². The average molecular weight is 313 g/mol. The molecule has 0 heterocycles. The number of hydrogen-bond acceptors (Lipinski definition) is 0. The van der Waals surface area contributed by atoms with Crippen LogP contribution in [-0.2, 0) is 0 Å². The summed E-state index contributed by atoms with van der Waals surface area (Å²) in [5.41, 5.74) is 1.16. The highest BCUT2D eigenvalue weighted by molar-refractivity contribution is 4.78. The van der Waals surface area contributed by atoms with E-state index >= 15 is 0 Å². The van der Waals surface area contributed by atoms with E-state index in [0.29, 0.717) is 10.8 Å². The smallest absolute Gasteiger partial charge is 0.0354 e. The minimum absolute atomic E-state index is 0.580. The van der Waals surface area contributed by atoms with Gasteiger partial charge in [0.15, 0.2) is 0 Å². The van der Waals surface area contributed by atoms with E-state index in [1.807, 2.05) is 27.7 Å². The fourth-order valence-corrected chi connectivity index (χ4v) is 3.58. The molecule has 0 aromatic carbocycles. The average Bonchev–Trinajstić information content (AvgIpc) is 3.16. The maximum absolute atomic E-state index is 2.36. The Morgan fingerprint density at radius 2 is 0.636 bits per heavy atom. The zero-order chi connectivity index (χ0) is 17.8. The molecule has 0 atom stereocenters. The third-order valence-corrected chi connectivity index (χ3v) is 5.16. The zero-order valence-electron chi connectivity index (χ0n) is 17.8. The van der Waals surface area contributed by atoms with Gasteiger partial charge in [-0.15, -0.1) is 0 Å².